The van der Waals surface area contributed by atoms with Gasteiger partial charge in [0, 0.05) is 19.4 Å². The monoisotopic (exact) mass is 376 g/mol. The Morgan fingerprint density at radius 1 is 1.08 bits per heavy atom. The topological polar surface area (TPSA) is 27.7 Å². The predicted octanol–water partition coefficient (Wildman–Crippen LogP) is 5.80. The molecule has 0 radical (unpaired) electrons. The quantitative estimate of drug-likeness (QED) is 0.310. The average Bonchev–Trinajstić information content (AvgIpc) is 2.58. The number of ether oxygens (including phenoxy) is 2. The number of hydrogen-bond acceptors (Lipinski definition) is 3. The minimum Gasteiger partial charge on any atom is -0.497 e. The van der Waals surface area contributed by atoms with Crippen LogP contribution in [0.15, 0.2) is 24.3 Å². The molecule has 0 saturated carbocycles. The van der Waals surface area contributed by atoms with Crippen LogP contribution in [0.1, 0.15) is 52.5 Å². The van der Waals surface area contributed by atoms with Crippen LogP contribution in [0.5, 0.6) is 5.75 Å². The van der Waals surface area contributed by atoms with Crippen LogP contribution < -0.4 is 4.74 Å². The molecule has 26 heavy (non-hydrogen) atoms. The largest absolute Gasteiger partial charge is 0.497 e. The second-order valence-electron chi connectivity index (χ2n) is 8.10. The molecule has 0 aliphatic rings. The highest BCUT2D eigenvalue weighted by Crippen LogP contribution is 2.37. The minimum atomic E-state index is -1.80. The van der Waals surface area contributed by atoms with Gasteiger partial charge in [-0.25, -0.2) is 0 Å². The second kappa shape index (κ2) is 10.8. The minimum absolute atomic E-state index is 0.144. The van der Waals surface area contributed by atoms with Crippen molar-refractivity contribution in [2.24, 2.45) is 0 Å². The first-order chi connectivity index (χ1) is 12.2. The van der Waals surface area contributed by atoms with Crippen LogP contribution in [0.2, 0.25) is 18.1 Å². The highest BCUT2D eigenvalue weighted by molar-refractivity contribution is 6.74. The average molecular weight is 377 g/mol. The Hall–Kier alpha value is -1.28. The summed E-state index contributed by atoms with van der Waals surface area (Å²) < 4.78 is 17.6. The lowest BCUT2D eigenvalue weighted by Crippen LogP contribution is -2.44. The highest BCUT2D eigenvalue weighted by Gasteiger charge is 2.38. The van der Waals surface area contributed by atoms with E-state index in [1.165, 1.54) is 0 Å². The van der Waals surface area contributed by atoms with Crippen LogP contribution in [0, 0.1) is 11.8 Å². The lowest BCUT2D eigenvalue weighted by molar-refractivity contribution is 0.0790. The van der Waals surface area contributed by atoms with Crippen molar-refractivity contribution in [1.82, 2.24) is 0 Å². The molecule has 4 heteroatoms. The zero-order valence-electron chi connectivity index (χ0n) is 17.6. The number of hydrogen-bond donors (Lipinski definition) is 0. The van der Waals surface area contributed by atoms with Gasteiger partial charge in [-0.15, -0.1) is 11.8 Å². The Morgan fingerprint density at radius 2 is 1.73 bits per heavy atom. The standard InChI is InChI=1S/C22H36O3Si/c1-8-9-10-11-21(25-26(6,7)22(2,3)4)16-17-24-18-19-12-14-20(23-5)15-13-19/h12-15,21H,8,11,16-18H2,1-7H3/t21-/m0/s1. The van der Waals surface area contributed by atoms with Crippen molar-refractivity contribution in [3.8, 4) is 17.6 Å². The van der Waals surface area contributed by atoms with Crippen molar-refractivity contribution in [2.45, 2.75) is 77.8 Å². The van der Waals surface area contributed by atoms with Gasteiger partial charge in [-0.2, -0.15) is 0 Å². The van der Waals surface area contributed by atoms with Crippen LogP contribution in [-0.4, -0.2) is 28.1 Å². The van der Waals surface area contributed by atoms with Gasteiger partial charge in [0.25, 0.3) is 0 Å². The van der Waals surface area contributed by atoms with Crippen LogP contribution in [-0.2, 0) is 15.8 Å². The van der Waals surface area contributed by atoms with Crippen LogP contribution >= 0.6 is 0 Å². The number of rotatable bonds is 9. The van der Waals surface area contributed by atoms with Crippen molar-refractivity contribution in [1.29, 1.82) is 0 Å². The van der Waals surface area contributed by atoms with E-state index in [4.69, 9.17) is 13.9 Å². The number of benzene rings is 1. The smallest absolute Gasteiger partial charge is 0.192 e. The summed E-state index contributed by atoms with van der Waals surface area (Å²) in [7, 11) is -0.124. The van der Waals surface area contributed by atoms with Crippen molar-refractivity contribution in [3.05, 3.63) is 29.8 Å². The molecule has 0 bridgehead atoms. The highest BCUT2D eigenvalue weighted by atomic mass is 28.4. The fraction of sp³-hybridized carbons (Fsp3) is 0.636. The molecule has 0 unspecified atom stereocenters. The zero-order valence-corrected chi connectivity index (χ0v) is 18.6. The first-order valence-electron chi connectivity index (χ1n) is 9.54. The van der Waals surface area contributed by atoms with Gasteiger partial charge < -0.3 is 13.9 Å². The van der Waals surface area contributed by atoms with Gasteiger partial charge in [0.2, 0.25) is 0 Å². The van der Waals surface area contributed by atoms with Gasteiger partial charge in [-0.05, 0) is 42.2 Å². The van der Waals surface area contributed by atoms with Crippen molar-refractivity contribution < 1.29 is 13.9 Å². The van der Waals surface area contributed by atoms with E-state index in [-0.39, 0.29) is 11.1 Å². The Morgan fingerprint density at radius 3 is 2.27 bits per heavy atom. The molecule has 0 aromatic heterocycles. The number of methoxy groups -OCH3 is 1. The molecule has 0 N–H and O–H groups in total. The summed E-state index contributed by atoms with van der Waals surface area (Å²) in [4.78, 5) is 0. The lowest BCUT2D eigenvalue weighted by Gasteiger charge is -2.39. The van der Waals surface area contributed by atoms with Crippen LogP contribution in [0.4, 0.5) is 0 Å². The molecule has 0 aliphatic heterocycles. The molecule has 0 saturated heterocycles. The summed E-state index contributed by atoms with van der Waals surface area (Å²) in [6.07, 6.45) is 2.69. The molecule has 0 heterocycles. The summed E-state index contributed by atoms with van der Waals surface area (Å²) in [6, 6.07) is 8.00. The fourth-order valence-electron chi connectivity index (χ4n) is 2.23. The molecule has 3 nitrogen and oxygen atoms in total. The Labute approximate surface area is 161 Å². The fourth-order valence-corrected chi connectivity index (χ4v) is 3.62. The van der Waals surface area contributed by atoms with E-state index in [1.54, 1.807) is 7.11 Å². The molecule has 1 rings (SSSR count). The second-order valence-corrected chi connectivity index (χ2v) is 12.9. The maximum Gasteiger partial charge on any atom is 0.192 e. The van der Waals surface area contributed by atoms with E-state index in [2.05, 4.69) is 52.6 Å². The molecule has 146 valence electrons. The van der Waals surface area contributed by atoms with Gasteiger partial charge in [0.15, 0.2) is 8.32 Å². The van der Waals surface area contributed by atoms with Crippen molar-refractivity contribution in [2.75, 3.05) is 13.7 Å². The third-order valence-corrected chi connectivity index (χ3v) is 9.45. The van der Waals surface area contributed by atoms with Crippen molar-refractivity contribution in [3.63, 3.8) is 0 Å². The predicted molar refractivity (Wildman–Crippen MR) is 112 cm³/mol. The SMILES string of the molecule is CCC#CC[C@@H](CCOCc1ccc(OC)cc1)O[Si](C)(C)C(C)(C)C. The summed E-state index contributed by atoms with van der Waals surface area (Å²) in [5, 5.41) is 0.202. The molecule has 1 aromatic rings. The van der Waals surface area contributed by atoms with E-state index in [9.17, 15) is 0 Å². The Bertz CT molecular complexity index is 576. The Balaban J connectivity index is 2.54. The van der Waals surface area contributed by atoms with Crippen LogP contribution in [0.25, 0.3) is 0 Å². The summed E-state index contributed by atoms with van der Waals surface area (Å²) in [5.41, 5.74) is 1.15. The van der Waals surface area contributed by atoms with E-state index in [0.717, 1.165) is 30.6 Å². The Kier molecular flexibility index (Phi) is 9.42. The van der Waals surface area contributed by atoms with Gasteiger partial charge in [-0.3, -0.25) is 0 Å². The van der Waals surface area contributed by atoms with Crippen LogP contribution in [0.3, 0.4) is 0 Å². The van der Waals surface area contributed by atoms with E-state index in [0.29, 0.717) is 13.2 Å². The normalized spacial score (nSPS) is 13.0. The summed E-state index contributed by atoms with van der Waals surface area (Å²) >= 11 is 0. The molecule has 0 aliphatic carbocycles. The first-order valence-corrected chi connectivity index (χ1v) is 12.4. The van der Waals surface area contributed by atoms with Gasteiger partial charge in [-0.1, -0.05) is 39.8 Å². The van der Waals surface area contributed by atoms with Gasteiger partial charge in [0.1, 0.15) is 5.75 Å². The maximum absolute atomic E-state index is 6.57. The summed E-state index contributed by atoms with van der Waals surface area (Å²) in [5.74, 6) is 7.29. The molecule has 1 atom stereocenters. The molecular weight excluding hydrogens is 340 g/mol. The third kappa shape index (κ3) is 7.95. The van der Waals surface area contributed by atoms with E-state index < -0.39 is 8.32 Å². The van der Waals surface area contributed by atoms with Gasteiger partial charge >= 0.3 is 0 Å². The lowest BCUT2D eigenvalue weighted by atomic mass is 10.2. The molecular formula is C22H36O3Si. The molecule has 1 aromatic carbocycles. The molecule has 0 amide bonds. The third-order valence-electron chi connectivity index (χ3n) is 4.91. The molecule has 0 fully saturated rings. The maximum atomic E-state index is 6.57. The van der Waals surface area contributed by atoms with Gasteiger partial charge in [0.05, 0.1) is 19.8 Å². The zero-order chi connectivity index (χ0) is 19.6. The van der Waals surface area contributed by atoms with E-state index in [1.807, 2.05) is 24.3 Å². The van der Waals surface area contributed by atoms with Crippen molar-refractivity contribution >= 4 is 8.32 Å². The van der Waals surface area contributed by atoms with E-state index >= 15 is 0 Å². The molecule has 0 spiro atoms. The first kappa shape index (κ1) is 22.8. The summed E-state index contributed by atoms with van der Waals surface area (Å²) in [6.45, 7) is 14.8.